The molecule has 178 valence electrons. The zero-order chi connectivity index (χ0) is 24.4. The first-order chi connectivity index (χ1) is 16.2. The molecule has 0 radical (unpaired) electrons. The van der Waals surface area contributed by atoms with E-state index in [-0.39, 0.29) is 58.0 Å². The Hall–Kier alpha value is -2.97. The van der Waals surface area contributed by atoms with E-state index in [2.05, 4.69) is 5.32 Å². The molecule has 1 aromatic carbocycles. The maximum atomic E-state index is 14.2. The second-order valence-electron chi connectivity index (χ2n) is 9.45. The second-order valence-corrected chi connectivity index (χ2v) is 9.85. The van der Waals surface area contributed by atoms with E-state index in [9.17, 15) is 29.0 Å². The number of nitrogens with zero attached hydrogens (tertiary/aromatic N) is 1. The smallest absolute Gasteiger partial charge is 0.257 e. The van der Waals surface area contributed by atoms with Crippen molar-refractivity contribution >= 4 is 23.3 Å². The average molecular weight is 487 g/mol. The number of allylic oxidation sites excluding steroid dienone is 2. The number of carbonyl (C=O) groups excluding carboxylic acids is 2. The lowest BCUT2D eigenvalue weighted by atomic mass is 9.59. The molecule has 1 aromatic heterocycles. The highest BCUT2D eigenvalue weighted by Crippen LogP contribution is 2.64. The van der Waals surface area contributed by atoms with Crippen LogP contribution in [-0.2, 0) is 13.1 Å². The van der Waals surface area contributed by atoms with Crippen LogP contribution >= 0.6 is 11.6 Å². The summed E-state index contributed by atoms with van der Waals surface area (Å²) in [4.78, 5) is 39.0. The van der Waals surface area contributed by atoms with Crippen LogP contribution in [0.2, 0.25) is 5.02 Å². The largest absolute Gasteiger partial charge is 0.503 e. The number of carbonyl (C=O) groups is 2. The number of amides is 1. The molecule has 3 aliphatic rings. The first kappa shape index (κ1) is 22.8. The summed E-state index contributed by atoms with van der Waals surface area (Å²) in [5.74, 6) is -2.43. The Labute approximate surface area is 199 Å². The van der Waals surface area contributed by atoms with E-state index in [1.165, 1.54) is 22.9 Å². The van der Waals surface area contributed by atoms with Gasteiger partial charge >= 0.3 is 0 Å². The van der Waals surface area contributed by atoms with Crippen molar-refractivity contribution in [3.63, 3.8) is 0 Å². The number of fused-ring (bicyclic) bond motifs is 2. The summed E-state index contributed by atoms with van der Waals surface area (Å²) < 4.78 is 15.7. The predicted octanol–water partition coefficient (Wildman–Crippen LogP) is 3.20. The highest BCUT2D eigenvalue weighted by molar-refractivity contribution is 6.30. The van der Waals surface area contributed by atoms with Gasteiger partial charge < -0.3 is 20.1 Å². The highest BCUT2D eigenvalue weighted by Gasteiger charge is 2.59. The fourth-order valence-electron chi connectivity index (χ4n) is 5.81. The fraction of sp³-hybridized carbons (Fsp3) is 0.400. The van der Waals surface area contributed by atoms with E-state index < -0.39 is 22.9 Å². The minimum Gasteiger partial charge on any atom is -0.503 e. The molecule has 1 fully saturated rings. The van der Waals surface area contributed by atoms with Crippen LogP contribution in [0.3, 0.4) is 0 Å². The van der Waals surface area contributed by atoms with Crippen LogP contribution in [-0.4, -0.2) is 33.1 Å². The van der Waals surface area contributed by atoms with E-state index >= 15 is 0 Å². The molecule has 1 aliphatic heterocycles. The van der Waals surface area contributed by atoms with Gasteiger partial charge in [-0.1, -0.05) is 30.7 Å². The summed E-state index contributed by atoms with van der Waals surface area (Å²) in [6.07, 6.45) is 3.47. The number of nitrogens with one attached hydrogen (secondary N) is 1. The van der Waals surface area contributed by atoms with Crippen LogP contribution in [0.1, 0.15) is 52.6 Å². The number of hydrogen-bond acceptors (Lipinski definition) is 5. The molecule has 7 nitrogen and oxygen atoms in total. The molecule has 1 spiro atoms. The zero-order valence-electron chi connectivity index (χ0n) is 18.5. The molecule has 9 heteroatoms. The van der Waals surface area contributed by atoms with Gasteiger partial charge in [-0.05, 0) is 36.8 Å². The third kappa shape index (κ3) is 3.31. The fourth-order valence-corrected chi connectivity index (χ4v) is 6.00. The van der Waals surface area contributed by atoms with Crippen LogP contribution in [0.25, 0.3) is 0 Å². The van der Waals surface area contributed by atoms with Gasteiger partial charge in [0.25, 0.3) is 5.91 Å². The van der Waals surface area contributed by atoms with E-state index in [1.54, 1.807) is 6.07 Å². The molecule has 0 saturated heterocycles. The number of Topliss-reactive ketones (excluding diaryl/α,β-unsaturated/α-hetero) is 1. The molecule has 34 heavy (non-hydrogen) atoms. The monoisotopic (exact) mass is 486 g/mol. The minimum atomic E-state index is -0.947. The molecule has 1 amide bonds. The molecule has 2 aliphatic carbocycles. The summed E-state index contributed by atoms with van der Waals surface area (Å²) in [7, 11) is 0. The number of aromatic hydroxyl groups is 1. The number of aliphatic hydroxyl groups is 1. The minimum absolute atomic E-state index is 0.0333. The van der Waals surface area contributed by atoms with Gasteiger partial charge in [-0.2, -0.15) is 0 Å². The van der Waals surface area contributed by atoms with Gasteiger partial charge in [-0.25, -0.2) is 4.39 Å². The van der Waals surface area contributed by atoms with E-state index in [0.29, 0.717) is 25.0 Å². The van der Waals surface area contributed by atoms with Gasteiger partial charge in [0, 0.05) is 48.4 Å². The Morgan fingerprint density at radius 1 is 1.32 bits per heavy atom. The topological polar surface area (TPSA) is 109 Å². The van der Waals surface area contributed by atoms with Crippen molar-refractivity contribution in [2.24, 2.45) is 17.3 Å². The molecule has 1 saturated carbocycles. The molecule has 5 rings (SSSR count). The molecule has 2 heterocycles. The first-order valence-electron chi connectivity index (χ1n) is 11.3. The number of rotatable bonds is 5. The predicted molar refractivity (Wildman–Crippen MR) is 122 cm³/mol. The van der Waals surface area contributed by atoms with Gasteiger partial charge in [0.05, 0.1) is 5.02 Å². The van der Waals surface area contributed by atoms with Crippen molar-refractivity contribution in [3.05, 3.63) is 73.4 Å². The Balaban J connectivity index is 1.49. The van der Waals surface area contributed by atoms with Crippen LogP contribution in [0.4, 0.5) is 4.39 Å². The Bertz CT molecular complexity index is 1330. The van der Waals surface area contributed by atoms with Gasteiger partial charge in [-0.3, -0.25) is 14.4 Å². The van der Waals surface area contributed by atoms with E-state index in [1.807, 2.05) is 6.92 Å². The standard InChI is InChI=1S/C25H24ClFN2O5/c1-2-14-17-18(14)25(6-12(7-25)10-30)11-29-9-15(21(31)23(33)20(29)22(17)32)24(34)28-8-13-4-3-5-16(26)19(13)27/h3-5,9,12,14,30,33H,2,6-8,10-11H2,1H3,(H,28,34)/t12?,14-,25?/m1/s1. The molecule has 1 atom stereocenters. The van der Waals surface area contributed by atoms with Crippen molar-refractivity contribution < 1.29 is 24.2 Å². The van der Waals surface area contributed by atoms with Crippen molar-refractivity contribution in [2.45, 2.75) is 39.3 Å². The van der Waals surface area contributed by atoms with Gasteiger partial charge in [0.15, 0.2) is 5.75 Å². The SMILES string of the molecule is CC[C@@H]1C2=C1C1(CC(CO)C1)Cn1cc(C(=O)NCc3cccc(Cl)c3F)c(=O)c(O)c1C2=O. The van der Waals surface area contributed by atoms with Crippen molar-refractivity contribution in [1.29, 1.82) is 0 Å². The summed E-state index contributed by atoms with van der Waals surface area (Å²) in [6.45, 7) is 2.18. The molecule has 0 bridgehead atoms. The number of benzene rings is 1. The number of halogens is 2. The Morgan fingerprint density at radius 2 is 2.06 bits per heavy atom. The highest BCUT2D eigenvalue weighted by atomic mass is 35.5. The lowest BCUT2D eigenvalue weighted by molar-refractivity contribution is 0.0323. The normalized spacial score (nSPS) is 24.9. The number of aliphatic hydroxyl groups excluding tert-OH is 1. The summed E-state index contributed by atoms with van der Waals surface area (Å²) in [6, 6.07) is 4.39. The number of pyridine rings is 1. The van der Waals surface area contributed by atoms with Crippen molar-refractivity contribution in [1.82, 2.24) is 9.88 Å². The molecule has 0 unspecified atom stereocenters. The van der Waals surface area contributed by atoms with Crippen LogP contribution < -0.4 is 10.7 Å². The molecule has 2 aromatic rings. The molecular weight excluding hydrogens is 463 g/mol. The van der Waals surface area contributed by atoms with Gasteiger partial charge in [-0.15, -0.1) is 0 Å². The van der Waals surface area contributed by atoms with Crippen LogP contribution in [0.15, 0.2) is 40.3 Å². The van der Waals surface area contributed by atoms with Gasteiger partial charge in [0.1, 0.15) is 17.1 Å². The van der Waals surface area contributed by atoms with Crippen molar-refractivity contribution in [3.8, 4) is 5.75 Å². The third-order valence-electron chi connectivity index (χ3n) is 7.40. The maximum absolute atomic E-state index is 14.2. The van der Waals surface area contributed by atoms with E-state index in [0.717, 1.165) is 12.0 Å². The Kier molecular flexibility index (Phi) is 5.41. The first-order valence-corrected chi connectivity index (χ1v) is 11.7. The third-order valence-corrected chi connectivity index (χ3v) is 7.70. The second kappa shape index (κ2) is 8.06. The molecular formula is C25H24ClFN2O5. The molecule has 3 N–H and O–H groups in total. The van der Waals surface area contributed by atoms with E-state index in [4.69, 9.17) is 11.6 Å². The zero-order valence-corrected chi connectivity index (χ0v) is 19.3. The van der Waals surface area contributed by atoms with Crippen LogP contribution in [0.5, 0.6) is 5.75 Å². The maximum Gasteiger partial charge on any atom is 0.257 e. The van der Waals surface area contributed by atoms with Crippen LogP contribution in [0, 0.1) is 23.1 Å². The number of hydrogen-bond donors (Lipinski definition) is 3. The lowest BCUT2D eigenvalue weighted by Crippen LogP contribution is -2.43. The number of ketones is 1. The van der Waals surface area contributed by atoms with Crippen molar-refractivity contribution in [2.75, 3.05) is 6.61 Å². The number of aromatic nitrogens is 1. The quantitative estimate of drug-likeness (QED) is 0.601. The average Bonchev–Trinajstić information content (AvgIpc) is 3.54. The van der Waals surface area contributed by atoms with Gasteiger partial charge in [0.2, 0.25) is 11.2 Å². The Morgan fingerprint density at radius 3 is 2.74 bits per heavy atom. The summed E-state index contributed by atoms with van der Waals surface area (Å²) >= 11 is 5.78. The lowest BCUT2D eigenvalue weighted by Gasteiger charge is -2.47. The summed E-state index contributed by atoms with van der Waals surface area (Å²) in [5.41, 5.74) is 0.145. The summed E-state index contributed by atoms with van der Waals surface area (Å²) in [5, 5.41) is 22.7.